The van der Waals surface area contributed by atoms with Crippen LogP contribution in [0.5, 0.6) is 0 Å². The van der Waals surface area contributed by atoms with E-state index in [0.29, 0.717) is 5.91 Å². The predicted molar refractivity (Wildman–Crippen MR) is 91.1 cm³/mol. The Morgan fingerprint density at radius 2 is 1.70 bits per heavy atom. The van der Waals surface area contributed by atoms with Gasteiger partial charge in [-0.3, -0.25) is 9.59 Å². The first-order valence-corrected chi connectivity index (χ1v) is 8.80. The number of carbonyl (C=O) groups is 2. The van der Waals surface area contributed by atoms with Gasteiger partial charge in [0.1, 0.15) is 0 Å². The Bertz CT molecular complexity index is 570. The van der Waals surface area contributed by atoms with Gasteiger partial charge in [0.25, 0.3) is 0 Å². The maximum Gasteiger partial charge on any atom is 0.227 e. The van der Waals surface area contributed by atoms with Crippen LogP contribution in [-0.4, -0.2) is 29.8 Å². The van der Waals surface area contributed by atoms with Gasteiger partial charge in [-0.05, 0) is 63.1 Å². The summed E-state index contributed by atoms with van der Waals surface area (Å²) in [5.74, 6) is 0.594. The Labute approximate surface area is 138 Å². The summed E-state index contributed by atoms with van der Waals surface area (Å²) in [7, 11) is 0. The van der Waals surface area contributed by atoms with Crippen LogP contribution in [0.15, 0.2) is 24.3 Å². The Hall–Kier alpha value is -1.84. The van der Waals surface area contributed by atoms with Crippen molar-refractivity contribution in [1.29, 1.82) is 0 Å². The Morgan fingerprint density at radius 3 is 2.35 bits per heavy atom. The first-order valence-electron chi connectivity index (χ1n) is 8.80. The highest BCUT2D eigenvalue weighted by Gasteiger charge is 2.32. The molecule has 1 saturated heterocycles. The number of carbonyl (C=O) groups excluding carboxylic acids is 2. The van der Waals surface area contributed by atoms with Gasteiger partial charge in [0.05, 0.1) is 0 Å². The summed E-state index contributed by atoms with van der Waals surface area (Å²) < 4.78 is 0. The minimum absolute atomic E-state index is 0.0399. The van der Waals surface area contributed by atoms with E-state index in [1.807, 2.05) is 36.1 Å². The number of hydrogen-bond acceptors (Lipinski definition) is 2. The van der Waals surface area contributed by atoms with Gasteiger partial charge in [-0.2, -0.15) is 0 Å². The van der Waals surface area contributed by atoms with Crippen molar-refractivity contribution in [3.05, 3.63) is 29.8 Å². The molecule has 0 bridgehead atoms. The van der Waals surface area contributed by atoms with E-state index < -0.39 is 0 Å². The summed E-state index contributed by atoms with van der Waals surface area (Å²) >= 11 is 0. The van der Waals surface area contributed by atoms with Gasteiger partial charge < -0.3 is 10.2 Å². The van der Waals surface area contributed by atoms with Gasteiger partial charge in [-0.25, -0.2) is 0 Å². The van der Waals surface area contributed by atoms with Gasteiger partial charge in [0.15, 0.2) is 0 Å². The molecule has 1 aromatic carbocycles. The third kappa shape index (κ3) is 3.92. The number of nitrogens with one attached hydrogen (secondary N) is 1. The highest BCUT2D eigenvalue weighted by Crippen LogP contribution is 2.31. The fourth-order valence-corrected chi connectivity index (χ4v) is 3.77. The van der Waals surface area contributed by atoms with Crippen molar-refractivity contribution < 1.29 is 9.59 Å². The molecular weight excluding hydrogens is 288 g/mol. The van der Waals surface area contributed by atoms with E-state index in [-0.39, 0.29) is 17.7 Å². The van der Waals surface area contributed by atoms with Gasteiger partial charge in [0.2, 0.25) is 11.8 Å². The first-order chi connectivity index (χ1) is 11.1. The van der Waals surface area contributed by atoms with Crippen LogP contribution in [0, 0.1) is 18.8 Å². The second kappa shape index (κ2) is 7.16. The van der Waals surface area contributed by atoms with E-state index in [1.54, 1.807) is 0 Å². The number of hydrogen-bond donors (Lipinski definition) is 1. The molecular formula is C19H26N2O2. The lowest BCUT2D eigenvalue weighted by atomic mass is 9.81. The molecule has 1 aromatic rings. The van der Waals surface area contributed by atoms with Crippen molar-refractivity contribution in [2.45, 2.75) is 45.4 Å². The topological polar surface area (TPSA) is 49.4 Å². The zero-order valence-corrected chi connectivity index (χ0v) is 13.9. The third-order valence-corrected chi connectivity index (χ3v) is 5.15. The molecule has 23 heavy (non-hydrogen) atoms. The number of aryl methyl sites for hydroxylation is 1. The molecule has 3 rings (SSSR count). The lowest BCUT2D eigenvalue weighted by molar-refractivity contribution is -0.136. The first kappa shape index (κ1) is 16.0. The minimum Gasteiger partial charge on any atom is -0.342 e. The van der Waals surface area contributed by atoms with E-state index in [1.165, 1.54) is 0 Å². The summed E-state index contributed by atoms with van der Waals surface area (Å²) in [5.41, 5.74) is 2.01. The van der Waals surface area contributed by atoms with Crippen molar-refractivity contribution in [1.82, 2.24) is 4.90 Å². The lowest BCUT2D eigenvalue weighted by Crippen LogP contribution is -2.37. The molecule has 2 amide bonds. The highest BCUT2D eigenvalue weighted by atomic mass is 16.2. The van der Waals surface area contributed by atoms with Gasteiger partial charge >= 0.3 is 0 Å². The van der Waals surface area contributed by atoms with Crippen molar-refractivity contribution >= 4 is 17.5 Å². The summed E-state index contributed by atoms with van der Waals surface area (Å²) in [6.07, 6.45) is 5.62. The van der Waals surface area contributed by atoms with Crippen molar-refractivity contribution in [3.63, 3.8) is 0 Å². The SMILES string of the molecule is Cc1cccc(NC(=O)C2CCC(C(=O)N3CCCC3)CC2)c1. The molecule has 2 fully saturated rings. The quantitative estimate of drug-likeness (QED) is 0.930. The maximum absolute atomic E-state index is 12.4. The molecule has 0 atom stereocenters. The Kier molecular flexibility index (Phi) is 4.99. The summed E-state index contributed by atoms with van der Waals surface area (Å²) in [6, 6.07) is 7.88. The third-order valence-electron chi connectivity index (χ3n) is 5.15. The van der Waals surface area contributed by atoms with Crippen LogP contribution in [0.2, 0.25) is 0 Å². The fourth-order valence-electron chi connectivity index (χ4n) is 3.77. The molecule has 1 N–H and O–H groups in total. The fraction of sp³-hybridized carbons (Fsp3) is 0.579. The van der Waals surface area contributed by atoms with E-state index in [0.717, 1.165) is 62.9 Å². The molecule has 2 aliphatic rings. The number of amides is 2. The number of anilines is 1. The van der Waals surface area contributed by atoms with Crippen molar-refractivity contribution in [2.75, 3.05) is 18.4 Å². The largest absolute Gasteiger partial charge is 0.342 e. The Balaban J connectivity index is 1.50. The normalized spacial score (nSPS) is 24.5. The lowest BCUT2D eigenvalue weighted by Gasteiger charge is -2.29. The van der Waals surface area contributed by atoms with Crippen LogP contribution in [-0.2, 0) is 9.59 Å². The molecule has 1 aliphatic heterocycles. The zero-order valence-electron chi connectivity index (χ0n) is 13.9. The standard InChI is InChI=1S/C19H26N2O2/c1-14-5-4-6-17(13-14)20-18(22)15-7-9-16(10-8-15)19(23)21-11-2-3-12-21/h4-6,13,15-16H,2-3,7-12H2,1H3,(H,20,22). The van der Waals surface area contributed by atoms with Crippen LogP contribution < -0.4 is 5.32 Å². The van der Waals surface area contributed by atoms with Crippen LogP contribution >= 0.6 is 0 Å². The van der Waals surface area contributed by atoms with Crippen LogP contribution in [0.4, 0.5) is 5.69 Å². The van der Waals surface area contributed by atoms with Crippen LogP contribution in [0.1, 0.15) is 44.1 Å². The van der Waals surface area contributed by atoms with Gasteiger partial charge in [0, 0.05) is 30.6 Å². The number of benzene rings is 1. The summed E-state index contributed by atoms with van der Waals surface area (Å²) in [6.45, 7) is 3.87. The second-order valence-corrected chi connectivity index (χ2v) is 6.94. The molecule has 1 aliphatic carbocycles. The molecule has 1 saturated carbocycles. The summed E-state index contributed by atoms with van der Waals surface area (Å²) in [4.78, 5) is 26.8. The highest BCUT2D eigenvalue weighted by molar-refractivity contribution is 5.92. The Morgan fingerprint density at radius 1 is 1.04 bits per heavy atom. The van der Waals surface area contributed by atoms with Gasteiger partial charge in [-0.15, -0.1) is 0 Å². The second-order valence-electron chi connectivity index (χ2n) is 6.94. The molecule has 4 nitrogen and oxygen atoms in total. The van der Waals surface area contributed by atoms with Crippen molar-refractivity contribution in [2.24, 2.45) is 11.8 Å². The molecule has 0 unspecified atom stereocenters. The average Bonchev–Trinajstić information content (AvgIpc) is 3.09. The molecule has 124 valence electrons. The minimum atomic E-state index is 0.0399. The number of likely N-dealkylation sites (tertiary alicyclic amines) is 1. The van der Waals surface area contributed by atoms with E-state index >= 15 is 0 Å². The molecule has 0 radical (unpaired) electrons. The number of rotatable bonds is 3. The van der Waals surface area contributed by atoms with Crippen molar-refractivity contribution in [3.8, 4) is 0 Å². The number of nitrogens with zero attached hydrogens (tertiary/aromatic N) is 1. The maximum atomic E-state index is 12.4. The summed E-state index contributed by atoms with van der Waals surface area (Å²) in [5, 5.41) is 3.02. The average molecular weight is 314 g/mol. The monoisotopic (exact) mass is 314 g/mol. The smallest absolute Gasteiger partial charge is 0.227 e. The van der Waals surface area contributed by atoms with Crippen LogP contribution in [0.3, 0.4) is 0 Å². The zero-order chi connectivity index (χ0) is 16.2. The molecule has 0 aromatic heterocycles. The molecule has 1 heterocycles. The molecule has 4 heteroatoms. The van der Waals surface area contributed by atoms with Crippen LogP contribution in [0.25, 0.3) is 0 Å². The van der Waals surface area contributed by atoms with E-state index in [2.05, 4.69) is 5.32 Å². The van der Waals surface area contributed by atoms with E-state index in [4.69, 9.17) is 0 Å². The molecule has 0 spiro atoms. The van der Waals surface area contributed by atoms with E-state index in [9.17, 15) is 9.59 Å². The predicted octanol–water partition coefficient (Wildman–Crippen LogP) is 3.36. The van der Waals surface area contributed by atoms with Gasteiger partial charge in [-0.1, -0.05) is 12.1 Å².